The van der Waals surface area contributed by atoms with Crippen LogP contribution < -0.4 is 4.74 Å². The third-order valence-electron chi connectivity index (χ3n) is 4.86. The summed E-state index contributed by atoms with van der Waals surface area (Å²) >= 11 is 0. The Bertz CT molecular complexity index is 1100. The molecule has 0 aliphatic heterocycles. The van der Waals surface area contributed by atoms with E-state index >= 15 is 0 Å². The number of nitrogens with one attached hydrogen (secondary N) is 2. The van der Waals surface area contributed by atoms with Crippen LogP contribution in [0.1, 0.15) is 11.4 Å². The Balaban J connectivity index is 1.40. The lowest BCUT2D eigenvalue weighted by Gasteiger charge is -2.16. The van der Waals surface area contributed by atoms with E-state index in [9.17, 15) is 4.79 Å². The standard InChI is InChI=1S/C21H22N4O2/c1-25(21(26)11-14-13-22-17-6-4-3-5-16(14)17)10-9-20-23-18-8-7-15(27-2)12-19(18)24-20/h3-8,12-13,22H,9-11H2,1-2H3,(H,23,24). The normalized spacial score (nSPS) is 11.2. The van der Waals surface area contributed by atoms with Crippen LogP contribution in [0.15, 0.2) is 48.7 Å². The van der Waals surface area contributed by atoms with Crippen LogP contribution in [-0.2, 0) is 17.6 Å². The van der Waals surface area contributed by atoms with E-state index in [1.807, 2.05) is 55.7 Å². The smallest absolute Gasteiger partial charge is 0.226 e. The Morgan fingerprint density at radius 3 is 2.89 bits per heavy atom. The van der Waals surface area contributed by atoms with Crippen molar-refractivity contribution in [3.05, 3.63) is 60.0 Å². The SMILES string of the molecule is COc1ccc2nc(CCN(C)C(=O)Cc3c[nH]c4ccccc34)[nH]c2c1. The molecule has 0 spiro atoms. The molecule has 0 saturated heterocycles. The Kier molecular flexibility index (Phi) is 4.54. The Labute approximate surface area is 157 Å². The first-order valence-corrected chi connectivity index (χ1v) is 8.95. The molecule has 138 valence electrons. The predicted octanol–water partition coefficient (Wildman–Crippen LogP) is 3.30. The summed E-state index contributed by atoms with van der Waals surface area (Å²) in [6.45, 7) is 0.609. The zero-order valence-corrected chi connectivity index (χ0v) is 15.5. The van der Waals surface area contributed by atoms with Crippen LogP contribution in [0.4, 0.5) is 0 Å². The van der Waals surface area contributed by atoms with Gasteiger partial charge in [-0.2, -0.15) is 0 Å². The summed E-state index contributed by atoms with van der Waals surface area (Å²) in [5.41, 5.74) is 3.93. The largest absolute Gasteiger partial charge is 0.497 e. The van der Waals surface area contributed by atoms with Crippen LogP contribution in [0.5, 0.6) is 5.75 Å². The van der Waals surface area contributed by atoms with Crippen molar-refractivity contribution in [3.8, 4) is 5.75 Å². The number of nitrogens with zero attached hydrogens (tertiary/aromatic N) is 2. The first-order valence-electron chi connectivity index (χ1n) is 8.95. The maximum Gasteiger partial charge on any atom is 0.226 e. The molecule has 2 aromatic carbocycles. The highest BCUT2D eigenvalue weighted by atomic mass is 16.5. The summed E-state index contributed by atoms with van der Waals surface area (Å²) < 4.78 is 5.24. The van der Waals surface area contributed by atoms with Gasteiger partial charge in [0.1, 0.15) is 11.6 Å². The molecule has 1 amide bonds. The van der Waals surface area contributed by atoms with Gasteiger partial charge in [0.2, 0.25) is 5.91 Å². The highest BCUT2D eigenvalue weighted by molar-refractivity contribution is 5.88. The van der Waals surface area contributed by atoms with Gasteiger partial charge in [-0.05, 0) is 23.8 Å². The minimum absolute atomic E-state index is 0.0949. The van der Waals surface area contributed by atoms with E-state index in [-0.39, 0.29) is 5.91 Å². The van der Waals surface area contributed by atoms with Crippen molar-refractivity contribution in [2.24, 2.45) is 0 Å². The second-order valence-corrected chi connectivity index (χ2v) is 6.67. The van der Waals surface area contributed by atoms with Gasteiger partial charge in [-0.1, -0.05) is 18.2 Å². The van der Waals surface area contributed by atoms with E-state index in [4.69, 9.17) is 4.74 Å². The van der Waals surface area contributed by atoms with Gasteiger partial charge in [0.05, 0.1) is 24.6 Å². The number of para-hydroxylation sites is 1. The van der Waals surface area contributed by atoms with Gasteiger partial charge in [0.25, 0.3) is 0 Å². The molecule has 0 radical (unpaired) electrons. The quantitative estimate of drug-likeness (QED) is 0.553. The molecule has 0 saturated carbocycles. The topological polar surface area (TPSA) is 74.0 Å². The lowest BCUT2D eigenvalue weighted by molar-refractivity contribution is -0.129. The molecule has 0 aliphatic carbocycles. The molecule has 0 fully saturated rings. The number of ether oxygens (including phenoxy) is 1. The summed E-state index contributed by atoms with van der Waals surface area (Å²) in [6, 6.07) is 13.8. The number of benzene rings is 2. The molecule has 4 aromatic rings. The fourth-order valence-electron chi connectivity index (χ4n) is 3.26. The van der Waals surface area contributed by atoms with E-state index in [0.29, 0.717) is 19.4 Å². The van der Waals surface area contributed by atoms with Crippen LogP contribution in [0.25, 0.3) is 21.9 Å². The van der Waals surface area contributed by atoms with Crippen molar-refractivity contribution in [1.29, 1.82) is 0 Å². The summed E-state index contributed by atoms with van der Waals surface area (Å²) in [7, 11) is 3.48. The summed E-state index contributed by atoms with van der Waals surface area (Å²) in [5, 5.41) is 1.10. The molecule has 2 aromatic heterocycles. The van der Waals surface area contributed by atoms with Crippen LogP contribution in [0, 0.1) is 0 Å². The van der Waals surface area contributed by atoms with E-state index in [1.54, 1.807) is 12.0 Å². The van der Waals surface area contributed by atoms with Gasteiger partial charge in [-0.25, -0.2) is 4.98 Å². The van der Waals surface area contributed by atoms with E-state index in [1.165, 1.54) is 0 Å². The molecule has 0 unspecified atom stereocenters. The van der Waals surface area contributed by atoms with Gasteiger partial charge < -0.3 is 19.6 Å². The fourth-order valence-corrected chi connectivity index (χ4v) is 3.26. The van der Waals surface area contributed by atoms with Crippen LogP contribution in [-0.4, -0.2) is 46.5 Å². The number of methoxy groups -OCH3 is 1. The van der Waals surface area contributed by atoms with E-state index in [2.05, 4.69) is 15.0 Å². The first kappa shape index (κ1) is 17.1. The third kappa shape index (κ3) is 3.51. The van der Waals surface area contributed by atoms with Gasteiger partial charge in [0, 0.05) is 43.2 Å². The number of hydrogen-bond acceptors (Lipinski definition) is 3. The lowest BCUT2D eigenvalue weighted by Crippen LogP contribution is -2.30. The van der Waals surface area contributed by atoms with Gasteiger partial charge in [0.15, 0.2) is 0 Å². The van der Waals surface area contributed by atoms with Crippen molar-refractivity contribution in [2.75, 3.05) is 20.7 Å². The number of hydrogen-bond donors (Lipinski definition) is 2. The zero-order chi connectivity index (χ0) is 18.8. The molecule has 6 heteroatoms. The zero-order valence-electron chi connectivity index (χ0n) is 15.5. The number of aromatic nitrogens is 3. The highest BCUT2D eigenvalue weighted by Gasteiger charge is 2.13. The second kappa shape index (κ2) is 7.15. The van der Waals surface area contributed by atoms with Crippen LogP contribution in [0.3, 0.4) is 0 Å². The average Bonchev–Trinajstić information content (AvgIpc) is 3.29. The van der Waals surface area contributed by atoms with E-state index < -0.39 is 0 Å². The van der Waals surface area contributed by atoms with Crippen molar-refractivity contribution < 1.29 is 9.53 Å². The van der Waals surface area contributed by atoms with Gasteiger partial charge >= 0.3 is 0 Å². The van der Waals surface area contributed by atoms with Crippen molar-refractivity contribution >= 4 is 27.8 Å². The second-order valence-electron chi connectivity index (χ2n) is 6.67. The lowest BCUT2D eigenvalue weighted by atomic mass is 10.1. The summed E-state index contributed by atoms with van der Waals surface area (Å²) in [6.07, 6.45) is 2.98. The average molecular weight is 362 g/mol. The number of amides is 1. The Morgan fingerprint density at radius 1 is 1.19 bits per heavy atom. The van der Waals surface area contributed by atoms with Crippen molar-refractivity contribution in [2.45, 2.75) is 12.8 Å². The van der Waals surface area contributed by atoms with Gasteiger partial charge in [-0.15, -0.1) is 0 Å². The number of carbonyl (C=O) groups excluding carboxylic acids is 1. The van der Waals surface area contributed by atoms with Gasteiger partial charge in [-0.3, -0.25) is 4.79 Å². The molecular formula is C21H22N4O2. The number of likely N-dealkylation sites (N-methyl/N-ethyl adjacent to an activating group) is 1. The Hall–Kier alpha value is -3.28. The number of fused-ring (bicyclic) bond motifs is 2. The molecule has 4 rings (SSSR count). The third-order valence-corrected chi connectivity index (χ3v) is 4.86. The number of imidazole rings is 1. The van der Waals surface area contributed by atoms with Crippen LogP contribution in [0.2, 0.25) is 0 Å². The van der Waals surface area contributed by atoms with E-state index in [0.717, 1.165) is 39.1 Å². The molecular weight excluding hydrogens is 340 g/mol. The maximum absolute atomic E-state index is 12.6. The minimum Gasteiger partial charge on any atom is -0.497 e. The minimum atomic E-state index is 0.0949. The fraction of sp³-hybridized carbons (Fsp3) is 0.238. The monoisotopic (exact) mass is 362 g/mol. The molecule has 0 bridgehead atoms. The Morgan fingerprint density at radius 2 is 2.04 bits per heavy atom. The molecule has 2 N–H and O–H groups in total. The first-order chi connectivity index (χ1) is 13.1. The van der Waals surface area contributed by atoms with Crippen molar-refractivity contribution in [3.63, 3.8) is 0 Å². The summed E-state index contributed by atoms with van der Waals surface area (Å²) in [5.74, 6) is 1.76. The molecule has 0 aliphatic rings. The predicted molar refractivity (Wildman–Crippen MR) is 106 cm³/mol. The maximum atomic E-state index is 12.6. The van der Waals surface area contributed by atoms with Crippen LogP contribution >= 0.6 is 0 Å². The highest BCUT2D eigenvalue weighted by Crippen LogP contribution is 2.20. The number of rotatable bonds is 6. The van der Waals surface area contributed by atoms with Crippen molar-refractivity contribution in [1.82, 2.24) is 19.9 Å². The summed E-state index contributed by atoms with van der Waals surface area (Å²) in [4.78, 5) is 25.5. The molecule has 2 heterocycles. The molecule has 0 atom stereocenters. The molecule has 27 heavy (non-hydrogen) atoms. The number of H-pyrrole nitrogens is 2. The number of aromatic amines is 2. The molecule has 6 nitrogen and oxygen atoms in total. The number of carbonyl (C=O) groups is 1.